The molecule has 3 aromatic rings. The molecule has 210 valence electrons. The lowest BCUT2D eigenvalue weighted by Gasteiger charge is -2.38. The number of anilines is 2. The Labute approximate surface area is 224 Å². The van der Waals surface area contributed by atoms with Crippen LogP contribution in [-0.2, 0) is 6.18 Å². The first kappa shape index (κ1) is 27.2. The van der Waals surface area contributed by atoms with E-state index in [9.17, 15) is 17.6 Å². The van der Waals surface area contributed by atoms with Crippen molar-refractivity contribution in [2.24, 2.45) is 0 Å². The number of halogens is 4. The summed E-state index contributed by atoms with van der Waals surface area (Å²) in [7, 11) is 1.56. The lowest BCUT2D eigenvalue weighted by Crippen LogP contribution is -2.45. The standard InChI is InChI=1S/C28H33F4N5O2/c1-15(20-10-17(33)11-22(26(20)29)28(30,31)32)34-27-21-12-25(24(38-3)13-23(21)35-16(2)36-27)39-14-19-8-5-9-37(19)18-6-4-7-18/h10-13,15,18-19H,4-9,14,33H2,1-3H3,(H,34,35,36)/t15-,19+/m1/s1. The second-order valence-electron chi connectivity index (χ2n) is 10.4. The van der Waals surface area contributed by atoms with Crippen molar-refractivity contribution in [1.82, 2.24) is 14.9 Å². The van der Waals surface area contributed by atoms with E-state index in [0.717, 1.165) is 19.4 Å². The number of hydrogen-bond acceptors (Lipinski definition) is 7. The van der Waals surface area contributed by atoms with Crippen LogP contribution >= 0.6 is 0 Å². The molecule has 1 saturated carbocycles. The predicted molar refractivity (Wildman–Crippen MR) is 142 cm³/mol. The number of hydrogen-bond donors (Lipinski definition) is 2. The molecule has 0 unspecified atom stereocenters. The number of nitrogens with one attached hydrogen (secondary N) is 1. The summed E-state index contributed by atoms with van der Waals surface area (Å²) < 4.78 is 67.0. The molecule has 3 N–H and O–H groups in total. The number of methoxy groups -OCH3 is 1. The normalized spacial score (nSPS) is 19.2. The minimum Gasteiger partial charge on any atom is -0.493 e. The van der Waals surface area contributed by atoms with Gasteiger partial charge in [-0.05, 0) is 64.3 Å². The van der Waals surface area contributed by atoms with Crippen molar-refractivity contribution in [3.05, 3.63) is 47.0 Å². The van der Waals surface area contributed by atoms with E-state index in [1.165, 1.54) is 25.3 Å². The van der Waals surface area contributed by atoms with E-state index in [0.29, 0.717) is 58.8 Å². The zero-order valence-corrected chi connectivity index (χ0v) is 22.2. The Kier molecular flexibility index (Phi) is 7.45. The largest absolute Gasteiger partial charge is 0.493 e. The Morgan fingerprint density at radius 1 is 1.10 bits per heavy atom. The van der Waals surface area contributed by atoms with Gasteiger partial charge in [0.2, 0.25) is 0 Å². The summed E-state index contributed by atoms with van der Waals surface area (Å²) in [5, 5.41) is 3.64. The number of fused-ring (bicyclic) bond motifs is 1. The summed E-state index contributed by atoms with van der Waals surface area (Å²) in [6.07, 6.45) is 1.09. The van der Waals surface area contributed by atoms with Crippen molar-refractivity contribution in [3.63, 3.8) is 0 Å². The maximum Gasteiger partial charge on any atom is 0.419 e. The number of rotatable bonds is 8. The molecule has 11 heteroatoms. The Hall–Kier alpha value is -3.34. The van der Waals surface area contributed by atoms with Gasteiger partial charge < -0.3 is 20.5 Å². The van der Waals surface area contributed by atoms with Gasteiger partial charge in [0.15, 0.2) is 11.5 Å². The average Bonchev–Trinajstić information content (AvgIpc) is 3.29. The van der Waals surface area contributed by atoms with Gasteiger partial charge >= 0.3 is 6.18 Å². The van der Waals surface area contributed by atoms with Crippen LogP contribution in [0.25, 0.3) is 10.9 Å². The molecule has 2 aliphatic rings. The number of aromatic nitrogens is 2. The molecule has 1 aliphatic heterocycles. The fourth-order valence-corrected chi connectivity index (χ4v) is 5.53. The number of alkyl halides is 3. The molecule has 1 saturated heterocycles. The molecule has 2 fully saturated rings. The maximum absolute atomic E-state index is 14.9. The molecule has 2 atom stereocenters. The molecule has 2 heterocycles. The van der Waals surface area contributed by atoms with Gasteiger partial charge in [-0.15, -0.1) is 0 Å². The fourth-order valence-electron chi connectivity index (χ4n) is 5.53. The van der Waals surface area contributed by atoms with Crippen LogP contribution < -0.4 is 20.5 Å². The molecule has 1 aromatic heterocycles. The first-order chi connectivity index (χ1) is 18.5. The smallest absolute Gasteiger partial charge is 0.419 e. The van der Waals surface area contributed by atoms with Crippen LogP contribution in [0.4, 0.5) is 29.1 Å². The highest BCUT2D eigenvalue weighted by Gasteiger charge is 2.36. The summed E-state index contributed by atoms with van der Waals surface area (Å²) in [4.78, 5) is 11.5. The average molecular weight is 548 g/mol. The van der Waals surface area contributed by atoms with Crippen molar-refractivity contribution in [2.75, 3.05) is 31.3 Å². The van der Waals surface area contributed by atoms with Crippen LogP contribution in [0, 0.1) is 12.7 Å². The summed E-state index contributed by atoms with van der Waals surface area (Å²) in [5.74, 6) is 0.432. The first-order valence-corrected chi connectivity index (χ1v) is 13.2. The highest BCUT2D eigenvalue weighted by molar-refractivity contribution is 5.92. The number of aryl methyl sites for hydroxylation is 1. The van der Waals surface area contributed by atoms with Crippen LogP contribution in [0.2, 0.25) is 0 Å². The Bertz CT molecular complexity index is 1360. The van der Waals surface area contributed by atoms with E-state index in [-0.39, 0.29) is 11.3 Å². The summed E-state index contributed by atoms with van der Waals surface area (Å²) in [5.41, 5.74) is 4.45. The van der Waals surface area contributed by atoms with Crippen molar-refractivity contribution >= 4 is 22.4 Å². The van der Waals surface area contributed by atoms with Gasteiger partial charge in [-0.2, -0.15) is 13.2 Å². The molecular formula is C28H33F4N5O2. The molecule has 2 aromatic carbocycles. The number of ether oxygens (including phenoxy) is 2. The Morgan fingerprint density at radius 2 is 1.87 bits per heavy atom. The van der Waals surface area contributed by atoms with Gasteiger partial charge in [-0.25, -0.2) is 14.4 Å². The van der Waals surface area contributed by atoms with Crippen LogP contribution in [0.3, 0.4) is 0 Å². The number of likely N-dealkylation sites (tertiary alicyclic amines) is 1. The maximum atomic E-state index is 14.9. The third-order valence-corrected chi connectivity index (χ3v) is 7.74. The summed E-state index contributed by atoms with van der Waals surface area (Å²) in [6.45, 7) is 4.85. The molecular weight excluding hydrogens is 514 g/mol. The third-order valence-electron chi connectivity index (χ3n) is 7.74. The SMILES string of the molecule is COc1cc2nc(C)nc(N[C@H](C)c3cc(N)cc(C(F)(F)F)c3F)c2cc1OC[C@@H]1CCCN1C1CCC1. The van der Waals surface area contributed by atoms with Gasteiger partial charge in [-0.3, -0.25) is 4.90 Å². The predicted octanol–water partition coefficient (Wildman–Crippen LogP) is 6.26. The van der Waals surface area contributed by atoms with Crippen LogP contribution in [0.5, 0.6) is 11.5 Å². The van der Waals surface area contributed by atoms with Crippen molar-refractivity contribution < 1.29 is 27.0 Å². The Morgan fingerprint density at radius 3 is 2.54 bits per heavy atom. The molecule has 5 rings (SSSR count). The van der Waals surface area contributed by atoms with E-state index >= 15 is 0 Å². The Balaban J connectivity index is 1.45. The fraction of sp³-hybridized carbons (Fsp3) is 0.500. The monoisotopic (exact) mass is 547 g/mol. The highest BCUT2D eigenvalue weighted by Crippen LogP contribution is 2.39. The second kappa shape index (κ2) is 10.7. The van der Waals surface area contributed by atoms with E-state index in [1.807, 2.05) is 0 Å². The van der Waals surface area contributed by atoms with Gasteiger partial charge in [0, 0.05) is 34.8 Å². The zero-order valence-electron chi connectivity index (χ0n) is 22.2. The van der Waals surface area contributed by atoms with Crippen LogP contribution in [-0.4, -0.2) is 47.2 Å². The molecule has 7 nitrogen and oxygen atoms in total. The van der Waals surface area contributed by atoms with Gasteiger partial charge in [0.1, 0.15) is 24.1 Å². The summed E-state index contributed by atoms with van der Waals surface area (Å²) >= 11 is 0. The van der Waals surface area contributed by atoms with E-state index < -0.39 is 23.6 Å². The number of nitrogens with two attached hydrogens (primary N) is 1. The molecule has 39 heavy (non-hydrogen) atoms. The third kappa shape index (κ3) is 5.54. The van der Waals surface area contributed by atoms with Crippen molar-refractivity contribution in [1.29, 1.82) is 0 Å². The second-order valence-corrected chi connectivity index (χ2v) is 10.4. The van der Waals surface area contributed by atoms with Gasteiger partial charge in [0.25, 0.3) is 0 Å². The minimum atomic E-state index is -4.87. The lowest BCUT2D eigenvalue weighted by atomic mass is 9.91. The van der Waals surface area contributed by atoms with Crippen molar-refractivity contribution in [3.8, 4) is 11.5 Å². The van der Waals surface area contributed by atoms with Crippen LogP contribution in [0.15, 0.2) is 24.3 Å². The van der Waals surface area contributed by atoms with E-state index in [2.05, 4.69) is 20.2 Å². The lowest BCUT2D eigenvalue weighted by molar-refractivity contribution is -0.140. The minimum absolute atomic E-state index is 0.181. The van der Waals surface area contributed by atoms with Crippen LogP contribution in [0.1, 0.15) is 62.0 Å². The summed E-state index contributed by atoms with van der Waals surface area (Å²) in [6, 6.07) is 5.40. The molecule has 0 radical (unpaired) electrons. The number of nitrogen functional groups attached to an aromatic ring is 1. The van der Waals surface area contributed by atoms with Crippen molar-refractivity contribution in [2.45, 2.75) is 70.3 Å². The molecule has 0 bridgehead atoms. The molecule has 0 spiro atoms. The molecule has 1 aliphatic carbocycles. The first-order valence-electron chi connectivity index (χ1n) is 13.2. The number of nitrogens with zero attached hydrogens (tertiary/aromatic N) is 3. The van der Waals surface area contributed by atoms with Gasteiger partial charge in [0.05, 0.1) is 24.2 Å². The quantitative estimate of drug-likeness (QED) is 0.255. The van der Waals surface area contributed by atoms with E-state index in [1.54, 1.807) is 33.1 Å². The number of benzene rings is 2. The molecule has 0 amide bonds. The highest BCUT2D eigenvalue weighted by atomic mass is 19.4. The zero-order chi connectivity index (χ0) is 27.9. The van der Waals surface area contributed by atoms with E-state index in [4.69, 9.17) is 15.2 Å². The topological polar surface area (TPSA) is 85.5 Å². The van der Waals surface area contributed by atoms with Gasteiger partial charge in [-0.1, -0.05) is 6.42 Å².